The average molecular weight is 325 g/mol. The summed E-state index contributed by atoms with van der Waals surface area (Å²) in [5.41, 5.74) is 1.87. The Kier molecular flexibility index (Phi) is 4.63. The number of nitrogens with zero attached hydrogens (tertiary/aromatic N) is 2. The second kappa shape index (κ2) is 6.06. The zero-order valence-electron chi connectivity index (χ0n) is 11.8. The maximum absolute atomic E-state index is 12.5. The number of hydrogen-bond acceptors (Lipinski definition) is 2. The van der Waals surface area contributed by atoms with E-state index in [0.717, 1.165) is 35.2 Å². The number of hydrogen-bond donors (Lipinski definition) is 0. The zero-order chi connectivity index (χ0) is 14.0. The molecule has 0 N–H and O–H groups in total. The fourth-order valence-electron chi connectivity index (χ4n) is 2.65. The van der Waals surface area contributed by atoms with Crippen molar-refractivity contribution in [2.75, 3.05) is 33.7 Å². The van der Waals surface area contributed by atoms with Crippen molar-refractivity contribution in [2.45, 2.75) is 13.3 Å². The topological polar surface area (TPSA) is 23.6 Å². The molecule has 2 rings (SSSR count). The SMILES string of the molecule is Cc1ccc(Br)c(C(=O)N(C)CC2CCN(C)C2)c1. The van der Waals surface area contributed by atoms with Gasteiger partial charge in [-0.1, -0.05) is 11.6 Å². The lowest BCUT2D eigenvalue weighted by atomic mass is 10.1. The predicted octanol–water partition coefficient (Wildman–Crippen LogP) is 2.78. The van der Waals surface area contributed by atoms with E-state index in [1.807, 2.05) is 37.1 Å². The summed E-state index contributed by atoms with van der Waals surface area (Å²) in [6, 6.07) is 5.90. The Labute approximate surface area is 123 Å². The molecule has 0 aromatic heterocycles. The molecule has 0 spiro atoms. The van der Waals surface area contributed by atoms with Crippen LogP contribution in [0.5, 0.6) is 0 Å². The van der Waals surface area contributed by atoms with Crippen molar-refractivity contribution >= 4 is 21.8 Å². The van der Waals surface area contributed by atoms with Crippen LogP contribution in [-0.4, -0.2) is 49.4 Å². The molecule has 0 radical (unpaired) electrons. The number of aryl methyl sites for hydroxylation is 1. The maximum atomic E-state index is 12.5. The first-order valence-electron chi connectivity index (χ1n) is 6.67. The molecular formula is C15H21BrN2O. The molecule has 1 aliphatic rings. The minimum Gasteiger partial charge on any atom is -0.341 e. The van der Waals surface area contributed by atoms with E-state index < -0.39 is 0 Å². The van der Waals surface area contributed by atoms with Gasteiger partial charge in [-0.25, -0.2) is 0 Å². The Hall–Kier alpha value is -0.870. The zero-order valence-corrected chi connectivity index (χ0v) is 13.4. The standard InChI is InChI=1S/C15H21BrN2O/c1-11-4-5-14(16)13(8-11)15(19)18(3)10-12-6-7-17(2)9-12/h4-5,8,12H,6-7,9-10H2,1-3H3. The Morgan fingerprint density at radius 1 is 1.53 bits per heavy atom. The molecule has 1 aromatic rings. The fraction of sp³-hybridized carbons (Fsp3) is 0.533. The number of carbonyl (C=O) groups excluding carboxylic acids is 1. The van der Waals surface area contributed by atoms with Gasteiger partial charge >= 0.3 is 0 Å². The van der Waals surface area contributed by atoms with E-state index in [0.29, 0.717) is 5.92 Å². The minimum atomic E-state index is 0.102. The Morgan fingerprint density at radius 2 is 2.26 bits per heavy atom. The summed E-state index contributed by atoms with van der Waals surface area (Å²) in [7, 11) is 4.04. The van der Waals surface area contributed by atoms with Gasteiger partial charge in [-0.3, -0.25) is 4.79 Å². The molecule has 3 nitrogen and oxygen atoms in total. The van der Waals surface area contributed by atoms with Crippen molar-refractivity contribution < 1.29 is 4.79 Å². The number of benzene rings is 1. The Morgan fingerprint density at radius 3 is 2.89 bits per heavy atom. The Balaban J connectivity index is 2.04. The van der Waals surface area contributed by atoms with E-state index >= 15 is 0 Å². The van der Waals surface area contributed by atoms with Crippen molar-refractivity contribution in [3.63, 3.8) is 0 Å². The highest BCUT2D eigenvalue weighted by molar-refractivity contribution is 9.10. The third-order valence-electron chi connectivity index (χ3n) is 3.72. The summed E-state index contributed by atoms with van der Waals surface area (Å²) in [6.45, 7) is 5.08. The van der Waals surface area contributed by atoms with Gasteiger partial charge in [0.25, 0.3) is 5.91 Å². The first-order chi connectivity index (χ1) is 8.97. The summed E-state index contributed by atoms with van der Waals surface area (Å²) in [6.07, 6.45) is 1.18. The van der Waals surface area contributed by atoms with Crippen molar-refractivity contribution in [3.8, 4) is 0 Å². The second-order valence-corrected chi connectivity index (χ2v) is 6.44. The number of likely N-dealkylation sites (tertiary alicyclic amines) is 1. The molecule has 1 aliphatic heterocycles. The highest BCUT2D eigenvalue weighted by Crippen LogP contribution is 2.21. The van der Waals surface area contributed by atoms with E-state index in [1.54, 1.807) is 0 Å². The number of carbonyl (C=O) groups is 1. The molecule has 0 aliphatic carbocycles. The van der Waals surface area contributed by atoms with Gasteiger partial charge < -0.3 is 9.80 Å². The first kappa shape index (κ1) is 14.5. The van der Waals surface area contributed by atoms with Crippen LogP contribution >= 0.6 is 15.9 Å². The van der Waals surface area contributed by atoms with E-state index in [9.17, 15) is 4.79 Å². The van der Waals surface area contributed by atoms with Gasteiger partial charge in [0, 0.05) is 24.6 Å². The van der Waals surface area contributed by atoms with Gasteiger partial charge in [-0.2, -0.15) is 0 Å². The van der Waals surface area contributed by atoms with Crippen molar-refractivity contribution in [2.24, 2.45) is 5.92 Å². The lowest BCUT2D eigenvalue weighted by Gasteiger charge is -2.22. The summed E-state index contributed by atoms with van der Waals surface area (Å²) >= 11 is 3.47. The summed E-state index contributed by atoms with van der Waals surface area (Å²) in [5, 5.41) is 0. The van der Waals surface area contributed by atoms with Gasteiger partial charge in [-0.05, 0) is 60.9 Å². The van der Waals surface area contributed by atoms with Crippen LogP contribution in [0.25, 0.3) is 0 Å². The van der Waals surface area contributed by atoms with Crippen LogP contribution in [0.15, 0.2) is 22.7 Å². The molecule has 1 unspecified atom stereocenters. The summed E-state index contributed by atoms with van der Waals surface area (Å²) in [5.74, 6) is 0.702. The lowest BCUT2D eigenvalue weighted by molar-refractivity contribution is 0.0773. The Bertz CT molecular complexity index is 475. The van der Waals surface area contributed by atoms with Gasteiger partial charge in [0.15, 0.2) is 0 Å². The summed E-state index contributed by atoms with van der Waals surface area (Å²) in [4.78, 5) is 16.6. The van der Waals surface area contributed by atoms with Crippen LogP contribution in [0.4, 0.5) is 0 Å². The molecule has 1 aromatic carbocycles. The highest BCUT2D eigenvalue weighted by Gasteiger charge is 2.23. The molecule has 1 atom stereocenters. The van der Waals surface area contributed by atoms with Gasteiger partial charge in [-0.15, -0.1) is 0 Å². The van der Waals surface area contributed by atoms with Crippen molar-refractivity contribution in [1.82, 2.24) is 9.80 Å². The van der Waals surface area contributed by atoms with E-state index in [-0.39, 0.29) is 5.91 Å². The first-order valence-corrected chi connectivity index (χ1v) is 7.47. The number of rotatable bonds is 3. The largest absolute Gasteiger partial charge is 0.341 e. The quantitative estimate of drug-likeness (QED) is 0.853. The van der Waals surface area contributed by atoms with Gasteiger partial charge in [0.2, 0.25) is 0 Å². The molecule has 0 bridgehead atoms. The molecule has 1 heterocycles. The van der Waals surface area contributed by atoms with Crippen LogP contribution in [0.3, 0.4) is 0 Å². The molecule has 104 valence electrons. The monoisotopic (exact) mass is 324 g/mol. The molecule has 1 fully saturated rings. The van der Waals surface area contributed by atoms with Crippen molar-refractivity contribution in [3.05, 3.63) is 33.8 Å². The molecular weight excluding hydrogens is 304 g/mol. The van der Waals surface area contributed by atoms with E-state index in [1.165, 1.54) is 6.42 Å². The van der Waals surface area contributed by atoms with Crippen LogP contribution in [-0.2, 0) is 0 Å². The van der Waals surface area contributed by atoms with Crippen molar-refractivity contribution in [1.29, 1.82) is 0 Å². The normalized spacial score (nSPS) is 19.7. The summed E-state index contributed by atoms with van der Waals surface area (Å²) < 4.78 is 0.874. The second-order valence-electron chi connectivity index (χ2n) is 5.59. The van der Waals surface area contributed by atoms with E-state index in [4.69, 9.17) is 0 Å². The fourth-order valence-corrected chi connectivity index (χ4v) is 3.07. The minimum absolute atomic E-state index is 0.102. The lowest BCUT2D eigenvalue weighted by Crippen LogP contribution is -2.33. The number of amides is 1. The molecule has 0 saturated carbocycles. The molecule has 1 saturated heterocycles. The van der Waals surface area contributed by atoms with Crippen LogP contribution in [0.2, 0.25) is 0 Å². The number of halogens is 1. The van der Waals surface area contributed by atoms with Crippen LogP contribution in [0, 0.1) is 12.8 Å². The van der Waals surface area contributed by atoms with E-state index in [2.05, 4.69) is 27.9 Å². The van der Waals surface area contributed by atoms with Gasteiger partial charge in [0.1, 0.15) is 0 Å². The molecule has 19 heavy (non-hydrogen) atoms. The molecule has 4 heteroatoms. The highest BCUT2D eigenvalue weighted by atomic mass is 79.9. The smallest absolute Gasteiger partial charge is 0.254 e. The predicted molar refractivity (Wildman–Crippen MR) is 81.4 cm³/mol. The third kappa shape index (κ3) is 3.57. The maximum Gasteiger partial charge on any atom is 0.254 e. The average Bonchev–Trinajstić information content (AvgIpc) is 2.77. The third-order valence-corrected chi connectivity index (χ3v) is 4.41. The van der Waals surface area contributed by atoms with Crippen LogP contribution < -0.4 is 0 Å². The van der Waals surface area contributed by atoms with Gasteiger partial charge in [0.05, 0.1) is 5.56 Å². The molecule has 1 amide bonds. The van der Waals surface area contributed by atoms with Crippen LogP contribution in [0.1, 0.15) is 22.3 Å².